The molecule has 3 rings (SSSR count). The van der Waals surface area contributed by atoms with Gasteiger partial charge < -0.3 is 15.0 Å². The number of aryl methyl sites for hydroxylation is 1. The van der Waals surface area contributed by atoms with Crippen molar-refractivity contribution in [3.05, 3.63) is 65.2 Å². The maximum absolute atomic E-state index is 12.6. The van der Waals surface area contributed by atoms with Gasteiger partial charge in [0, 0.05) is 22.8 Å². The van der Waals surface area contributed by atoms with Crippen LogP contribution in [0.25, 0.3) is 0 Å². The predicted octanol–water partition coefficient (Wildman–Crippen LogP) is 4.11. The molecule has 0 spiro atoms. The van der Waals surface area contributed by atoms with Gasteiger partial charge in [0.05, 0.1) is 17.2 Å². The molecule has 2 amide bonds. The zero-order valence-corrected chi connectivity index (χ0v) is 18.0. The molecule has 6 nitrogen and oxygen atoms in total. The number of rotatable bonds is 8. The smallest absolute Gasteiger partial charge is 0.265 e. The monoisotopic (exact) mass is 444 g/mol. The fourth-order valence-electron chi connectivity index (χ4n) is 2.98. The van der Waals surface area contributed by atoms with Gasteiger partial charge in [0.1, 0.15) is 5.75 Å². The molecule has 1 aliphatic heterocycles. The number of nitrogens with zero attached hydrogens (tertiary/aromatic N) is 1. The Balaban J connectivity index is 1.58. The molecular formula is C22H21ClN2O4S. The topological polar surface area (TPSA) is 75.7 Å². The Morgan fingerprint density at radius 1 is 1.27 bits per heavy atom. The fraction of sp³-hybridized carbons (Fsp3) is 0.227. The van der Waals surface area contributed by atoms with Crippen LogP contribution in [0.1, 0.15) is 15.9 Å². The summed E-state index contributed by atoms with van der Waals surface area (Å²) in [6, 6.07) is 10.2. The number of amides is 2. The lowest BCUT2D eigenvalue weighted by molar-refractivity contribution is -0.121. The third-order valence-electron chi connectivity index (χ3n) is 4.46. The zero-order valence-electron chi connectivity index (χ0n) is 16.4. The van der Waals surface area contributed by atoms with Crippen LogP contribution in [0.2, 0.25) is 5.02 Å². The highest BCUT2D eigenvalue weighted by atomic mass is 35.5. The average Bonchev–Trinajstić information content (AvgIpc) is 2.72. The van der Waals surface area contributed by atoms with Crippen molar-refractivity contribution in [1.82, 2.24) is 0 Å². The Kier molecular flexibility index (Phi) is 7.18. The summed E-state index contributed by atoms with van der Waals surface area (Å²) in [6.45, 7) is 5.83. The Labute approximate surface area is 184 Å². The molecule has 0 unspecified atom stereocenters. The van der Waals surface area contributed by atoms with Crippen molar-refractivity contribution in [2.24, 2.45) is 0 Å². The molecule has 156 valence electrons. The highest BCUT2D eigenvalue weighted by Crippen LogP contribution is 2.33. The van der Waals surface area contributed by atoms with E-state index in [9.17, 15) is 14.4 Å². The molecular weight excluding hydrogens is 424 g/mol. The molecule has 0 aliphatic carbocycles. The van der Waals surface area contributed by atoms with Gasteiger partial charge in [0.15, 0.2) is 12.4 Å². The minimum atomic E-state index is -0.195. The van der Waals surface area contributed by atoms with Crippen molar-refractivity contribution < 1.29 is 19.1 Å². The van der Waals surface area contributed by atoms with Crippen LogP contribution in [-0.4, -0.2) is 42.3 Å². The minimum absolute atomic E-state index is 0.0355. The first kappa shape index (κ1) is 21.9. The highest BCUT2D eigenvalue weighted by Gasteiger charge is 2.25. The Hall–Kier alpha value is -2.77. The van der Waals surface area contributed by atoms with Crippen LogP contribution >= 0.6 is 23.4 Å². The van der Waals surface area contributed by atoms with E-state index in [1.165, 1.54) is 16.7 Å². The second kappa shape index (κ2) is 9.82. The maximum Gasteiger partial charge on any atom is 0.265 e. The lowest BCUT2D eigenvalue weighted by Crippen LogP contribution is -2.38. The molecule has 0 aromatic heterocycles. The van der Waals surface area contributed by atoms with Crippen molar-refractivity contribution in [3.63, 3.8) is 0 Å². The van der Waals surface area contributed by atoms with Crippen LogP contribution in [0.4, 0.5) is 11.4 Å². The van der Waals surface area contributed by atoms with Gasteiger partial charge in [-0.15, -0.1) is 18.3 Å². The number of halogens is 1. The van der Waals surface area contributed by atoms with E-state index in [1.807, 2.05) is 6.92 Å². The number of hydrogen-bond acceptors (Lipinski definition) is 5. The van der Waals surface area contributed by atoms with E-state index in [-0.39, 0.29) is 35.7 Å². The van der Waals surface area contributed by atoms with E-state index in [0.29, 0.717) is 34.3 Å². The molecule has 0 radical (unpaired) electrons. The normalized spacial score (nSPS) is 12.7. The number of ether oxygens (including phenoxy) is 1. The molecule has 0 saturated heterocycles. The van der Waals surface area contributed by atoms with Gasteiger partial charge in [-0.3, -0.25) is 14.4 Å². The second-order valence-corrected chi connectivity index (χ2v) is 8.11. The molecule has 0 bridgehead atoms. The van der Waals surface area contributed by atoms with Gasteiger partial charge in [-0.1, -0.05) is 17.7 Å². The maximum atomic E-state index is 12.6. The average molecular weight is 445 g/mol. The molecule has 2 aromatic carbocycles. The van der Waals surface area contributed by atoms with Crippen molar-refractivity contribution in [2.45, 2.75) is 6.92 Å². The number of hydrogen-bond donors (Lipinski definition) is 1. The molecule has 1 heterocycles. The van der Waals surface area contributed by atoms with Crippen LogP contribution in [-0.2, 0) is 9.59 Å². The Bertz CT molecular complexity index is 1010. The molecule has 8 heteroatoms. The molecule has 0 fully saturated rings. The molecule has 0 atom stereocenters. The quantitative estimate of drug-likeness (QED) is 0.489. The van der Waals surface area contributed by atoms with E-state index >= 15 is 0 Å². The van der Waals surface area contributed by atoms with Gasteiger partial charge in [0.25, 0.3) is 5.91 Å². The summed E-state index contributed by atoms with van der Waals surface area (Å²) in [5, 5.41) is 3.42. The number of carbonyl (C=O) groups is 3. The summed E-state index contributed by atoms with van der Waals surface area (Å²) >= 11 is 7.15. The van der Waals surface area contributed by atoms with E-state index in [0.717, 1.165) is 5.56 Å². The van der Waals surface area contributed by atoms with Crippen LogP contribution in [0.3, 0.4) is 0 Å². The second-order valence-electron chi connectivity index (χ2n) is 6.69. The molecule has 2 aromatic rings. The van der Waals surface area contributed by atoms with Gasteiger partial charge >= 0.3 is 0 Å². The highest BCUT2D eigenvalue weighted by molar-refractivity contribution is 8.00. The Morgan fingerprint density at radius 2 is 2.07 bits per heavy atom. The number of Topliss-reactive ketones (excluding diaryl/α,β-unsaturated/α-hetero) is 1. The van der Waals surface area contributed by atoms with E-state index in [1.54, 1.807) is 42.5 Å². The van der Waals surface area contributed by atoms with Crippen LogP contribution in [0.5, 0.6) is 5.75 Å². The van der Waals surface area contributed by atoms with Crippen molar-refractivity contribution >= 4 is 52.3 Å². The Morgan fingerprint density at radius 3 is 2.80 bits per heavy atom. The third kappa shape index (κ3) is 5.23. The van der Waals surface area contributed by atoms with Crippen LogP contribution < -0.4 is 15.0 Å². The fourth-order valence-corrected chi connectivity index (χ4v) is 3.92. The standard InChI is InChI=1S/C22H21ClN2O4S/c1-3-8-25-18-10-15(4-7-20(18)29-11-22(25)28)19(26)12-30-13-21(27)24-17-6-5-16(23)9-14(17)2/h3-7,9-10H,1,8,11-13H2,2H3,(H,24,27). The number of carbonyl (C=O) groups excluding carboxylic acids is 3. The summed E-state index contributed by atoms with van der Waals surface area (Å²) in [5.41, 5.74) is 2.57. The molecule has 0 saturated carbocycles. The summed E-state index contributed by atoms with van der Waals surface area (Å²) in [6.07, 6.45) is 1.62. The first-order valence-electron chi connectivity index (χ1n) is 9.24. The zero-order chi connectivity index (χ0) is 21.7. The van der Waals surface area contributed by atoms with Gasteiger partial charge in [-0.2, -0.15) is 0 Å². The lowest BCUT2D eigenvalue weighted by atomic mass is 10.1. The van der Waals surface area contributed by atoms with E-state index < -0.39 is 0 Å². The van der Waals surface area contributed by atoms with E-state index in [2.05, 4.69) is 11.9 Å². The summed E-state index contributed by atoms with van der Waals surface area (Å²) < 4.78 is 5.43. The molecule has 1 aliphatic rings. The van der Waals surface area contributed by atoms with Crippen LogP contribution in [0.15, 0.2) is 49.1 Å². The first-order chi connectivity index (χ1) is 14.4. The number of fused-ring (bicyclic) bond motifs is 1. The number of ketones is 1. The van der Waals surface area contributed by atoms with Crippen molar-refractivity contribution in [2.75, 3.05) is 34.9 Å². The number of anilines is 2. The van der Waals surface area contributed by atoms with Crippen molar-refractivity contribution in [1.29, 1.82) is 0 Å². The first-order valence-corrected chi connectivity index (χ1v) is 10.8. The van der Waals surface area contributed by atoms with Crippen LogP contribution in [0, 0.1) is 6.92 Å². The summed E-state index contributed by atoms with van der Waals surface area (Å²) in [7, 11) is 0. The van der Waals surface area contributed by atoms with Crippen molar-refractivity contribution in [3.8, 4) is 5.75 Å². The summed E-state index contributed by atoms with van der Waals surface area (Å²) in [4.78, 5) is 38.4. The lowest BCUT2D eigenvalue weighted by Gasteiger charge is -2.28. The largest absolute Gasteiger partial charge is 0.482 e. The molecule has 30 heavy (non-hydrogen) atoms. The van der Waals surface area contributed by atoms with E-state index in [4.69, 9.17) is 16.3 Å². The summed E-state index contributed by atoms with van der Waals surface area (Å²) in [5.74, 6) is 0.328. The van der Waals surface area contributed by atoms with Gasteiger partial charge in [-0.25, -0.2) is 0 Å². The minimum Gasteiger partial charge on any atom is -0.482 e. The molecule has 1 N–H and O–H groups in total. The third-order valence-corrected chi connectivity index (χ3v) is 5.63. The number of benzene rings is 2. The van der Waals surface area contributed by atoms with Gasteiger partial charge in [0.2, 0.25) is 5.91 Å². The number of thioether (sulfide) groups is 1. The predicted molar refractivity (Wildman–Crippen MR) is 121 cm³/mol. The number of nitrogens with one attached hydrogen (secondary N) is 1. The van der Waals surface area contributed by atoms with Gasteiger partial charge in [-0.05, 0) is 48.9 Å². The SMILES string of the molecule is C=CCN1C(=O)COc2ccc(C(=O)CSCC(=O)Nc3ccc(Cl)cc3C)cc21.